The molecular formula is C16H19N3O4. The monoisotopic (exact) mass is 317 g/mol. The summed E-state index contributed by atoms with van der Waals surface area (Å²) < 4.78 is 15.6. The van der Waals surface area contributed by atoms with Crippen LogP contribution in [0.25, 0.3) is 0 Å². The second kappa shape index (κ2) is 6.68. The number of amides is 1. The third kappa shape index (κ3) is 3.80. The van der Waals surface area contributed by atoms with Crippen molar-refractivity contribution in [2.75, 3.05) is 14.2 Å². The lowest BCUT2D eigenvalue weighted by atomic mass is 10.1. The lowest BCUT2D eigenvalue weighted by molar-refractivity contribution is -0.122. The Labute approximate surface area is 134 Å². The Hall–Kier alpha value is -2.57. The minimum absolute atomic E-state index is 0.0599. The van der Waals surface area contributed by atoms with E-state index in [4.69, 9.17) is 14.0 Å². The predicted octanol–water partition coefficient (Wildman–Crippen LogP) is 1.70. The van der Waals surface area contributed by atoms with Crippen LogP contribution in [0.2, 0.25) is 0 Å². The summed E-state index contributed by atoms with van der Waals surface area (Å²) in [5, 5.41) is 6.74. The zero-order valence-electron chi connectivity index (χ0n) is 13.2. The van der Waals surface area contributed by atoms with Crippen molar-refractivity contribution < 1.29 is 18.8 Å². The highest BCUT2D eigenvalue weighted by Gasteiger charge is 2.29. The lowest BCUT2D eigenvalue weighted by Crippen LogP contribution is -2.24. The number of ether oxygens (including phenoxy) is 2. The maximum absolute atomic E-state index is 11.6. The van der Waals surface area contributed by atoms with Crippen molar-refractivity contribution in [3.8, 4) is 11.5 Å². The summed E-state index contributed by atoms with van der Waals surface area (Å²) in [5.41, 5.74) is 0.983. The number of hydrogen-bond donors (Lipinski definition) is 1. The largest absolute Gasteiger partial charge is 0.493 e. The highest BCUT2D eigenvalue weighted by molar-refractivity contribution is 5.80. The molecule has 0 radical (unpaired) electrons. The number of rotatable bonds is 7. The number of benzene rings is 1. The first-order valence-corrected chi connectivity index (χ1v) is 7.49. The third-order valence-electron chi connectivity index (χ3n) is 3.68. The number of hydrogen-bond acceptors (Lipinski definition) is 6. The van der Waals surface area contributed by atoms with Gasteiger partial charge in [0.25, 0.3) is 0 Å². The SMILES string of the molecule is COc1ccc(Cc2noc(CNC(=O)C3CC3)n2)cc1OC. The van der Waals surface area contributed by atoms with Gasteiger partial charge in [0.05, 0.1) is 20.8 Å². The van der Waals surface area contributed by atoms with Gasteiger partial charge in [-0.15, -0.1) is 0 Å². The maximum atomic E-state index is 11.6. The molecule has 0 atom stereocenters. The second-order valence-corrected chi connectivity index (χ2v) is 5.46. The zero-order valence-corrected chi connectivity index (χ0v) is 13.2. The average molecular weight is 317 g/mol. The van der Waals surface area contributed by atoms with E-state index in [1.54, 1.807) is 14.2 Å². The van der Waals surface area contributed by atoms with Crippen LogP contribution in [0.5, 0.6) is 11.5 Å². The Morgan fingerprint density at radius 3 is 2.78 bits per heavy atom. The van der Waals surface area contributed by atoms with Gasteiger partial charge in [-0.3, -0.25) is 4.79 Å². The molecule has 1 saturated carbocycles. The van der Waals surface area contributed by atoms with E-state index in [-0.39, 0.29) is 18.4 Å². The Morgan fingerprint density at radius 2 is 2.09 bits per heavy atom. The van der Waals surface area contributed by atoms with E-state index in [1.165, 1.54) is 0 Å². The molecule has 23 heavy (non-hydrogen) atoms. The first kappa shape index (κ1) is 15.3. The third-order valence-corrected chi connectivity index (χ3v) is 3.68. The Morgan fingerprint density at radius 1 is 1.30 bits per heavy atom. The summed E-state index contributed by atoms with van der Waals surface area (Å²) in [5.74, 6) is 2.54. The number of methoxy groups -OCH3 is 2. The van der Waals surface area contributed by atoms with Gasteiger partial charge in [0.1, 0.15) is 0 Å². The van der Waals surface area contributed by atoms with Crippen molar-refractivity contribution in [2.45, 2.75) is 25.8 Å². The van der Waals surface area contributed by atoms with Crippen LogP contribution in [0.3, 0.4) is 0 Å². The first-order valence-electron chi connectivity index (χ1n) is 7.49. The van der Waals surface area contributed by atoms with Crippen LogP contribution in [0.15, 0.2) is 22.7 Å². The van der Waals surface area contributed by atoms with Crippen LogP contribution in [-0.2, 0) is 17.8 Å². The molecule has 1 aliphatic rings. The van der Waals surface area contributed by atoms with Gasteiger partial charge in [-0.2, -0.15) is 4.98 Å². The molecule has 0 unspecified atom stereocenters. The number of carbonyl (C=O) groups is 1. The van der Waals surface area contributed by atoms with Gasteiger partial charge in [-0.25, -0.2) is 0 Å². The van der Waals surface area contributed by atoms with Crippen molar-refractivity contribution >= 4 is 5.91 Å². The highest BCUT2D eigenvalue weighted by Crippen LogP contribution is 2.29. The summed E-state index contributed by atoms with van der Waals surface area (Å²) in [6.45, 7) is 0.272. The maximum Gasteiger partial charge on any atom is 0.246 e. The molecule has 1 N–H and O–H groups in total. The summed E-state index contributed by atoms with van der Waals surface area (Å²) in [4.78, 5) is 15.9. The van der Waals surface area contributed by atoms with E-state index < -0.39 is 0 Å². The fraction of sp³-hybridized carbons (Fsp3) is 0.438. The van der Waals surface area contributed by atoms with Crippen molar-refractivity contribution in [2.24, 2.45) is 5.92 Å². The van der Waals surface area contributed by atoms with E-state index in [1.807, 2.05) is 18.2 Å². The summed E-state index contributed by atoms with van der Waals surface area (Å²) in [7, 11) is 3.19. The second-order valence-electron chi connectivity index (χ2n) is 5.46. The first-order chi connectivity index (χ1) is 11.2. The Bertz CT molecular complexity index is 694. The number of nitrogens with one attached hydrogen (secondary N) is 1. The molecule has 0 bridgehead atoms. The van der Waals surface area contributed by atoms with Gasteiger partial charge in [0, 0.05) is 12.3 Å². The fourth-order valence-corrected chi connectivity index (χ4v) is 2.26. The molecule has 1 aromatic carbocycles. The molecule has 0 saturated heterocycles. The topological polar surface area (TPSA) is 86.5 Å². The molecule has 7 nitrogen and oxygen atoms in total. The van der Waals surface area contributed by atoms with E-state index in [2.05, 4.69) is 15.5 Å². The van der Waals surface area contributed by atoms with E-state index in [0.717, 1.165) is 18.4 Å². The normalized spacial score (nSPS) is 13.7. The standard InChI is InChI=1S/C16H19N3O4/c1-21-12-6-3-10(7-13(12)22-2)8-14-18-15(23-19-14)9-17-16(20)11-4-5-11/h3,6-7,11H,4-5,8-9H2,1-2H3,(H,17,20). The van der Waals surface area contributed by atoms with Gasteiger partial charge in [0.2, 0.25) is 11.8 Å². The number of nitrogens with zero attached hydrogens (tertiary/aromatic N) is 2. The van der Waals surface area contributed by atoms with Gasteiger partial charge in [-0.1, -0.05) is 11.2 Å². The number of aromatic nitrogens is 2. The zero-order chi connectivity index (χ0) is 16.2. The fourth-order valence-electron chi connectivity index (χ4n) is 2.26. The van der Waals surface area contributed by atoms with E-state index in [9.17, 15) is 4.79 Å². The van der Waals surface area contributed by atoms with E-state index >= 15 is 0 Å². The van der Waals surface area contributed by atoms with Gasteiger partial charge in [-0.05, 0) is 30.5 Å². The average Bonchev–Trinajstić information content (AvgIpc) is 3.33. The van der Waals surface area contributed by atoms with E-state index in [0.29, 0.717) is 29.6 Å². The van der Waals surface area contributed by atoms with Crippen LogP contribution in [0, 0.1) is 5.92 Å². The molecular weight excluding hydrogens is 298 g/mol. The molecule has 1 heterocycles. The molecule has 3 rings (SSSR count). The quantitative estimate of drug-likeness (QED) is 0.836. The van der Waals surface area contributed by atoms with Crippen molar-refractivity contribution in [1.82, 2.24) is 15.5 Å². The Balaban J connectivity index is 1.60. The minimum atomic E-state index is 0.0599. The summed E-state index contributed by atoms with van der Waals surface area (Å²) in [6.07, 6.45) is 2.46. The number of carbonyl (C=O) groups excluding carboxylic acids is 1. The van der Waals surface area contributed by atoms with Crippen molar-refractivity contribution in [3.05, 3.63) is 35.5 Å². The molecule has 2 aromatic rings. The van der Waals surface area contributed by atoms with Crippen LogP contribution in [0.1, 0.15) is 30.1 Å². The molecule has 1 aromatic heterocycles. The molecule has 7 heteroatoms. The van der Waals surface area contributed by atoms with Gasteiger partial charge >= 0.3 is 0 Å². The smallest absolute Gasteiger partial charge is 0.246 e. The van der Waals surface area contributed by atoms with Crippen LogP contribution < -0.4 is 14.8 Å². The predicted molar refractivity (Wildman–Crippen MR) is 81.2 cm³/mol. The molecule has 0 spiro atoms. The molecule has 122 valence electrons. The van der Waals surface area contributed by atoms with Crippen LogP contribution in [0.4, 0.5) is 0 Å². The molecule has 0 aliphatic heterocycles. The summed E-state index contributed by atoms with van der Waals surface area (Å²) >= 11 is 0. The minimum Gasteiger partial charge on any atom is -0.493 e. The van der Waals surface area contributed by atoms with Gasteiger partial charge in [0.15, 0.2) is 17.3 Å². The van der Waals surface area contributed by atoms with Crippen LogP contribution >= 0.6 is 0 Å². The molecule has 1 aliphatic carbocycles. The molecule has 1 amide bonds. The molecule has 1 fully saturated rings. The lowest BCUT2D eigenvalue weighted by Gasteiger charge is -2.08. The van der Waals surface area contributed by atoms with Crippen molar-refractivity contribution in [1.29, 1.82) is 0 Å². The van der Waals surface area contributed by atoms with Crippen molar-refractivity contribution in [3.63, 3.8) is 0 Å². The summed E-state index contributed by atoms with van der Waals surface area (Å²) in [6, 6.07) is 5.64. The highest BCUT2D eigenvalue weighted by atomic mass is 16.5. The van der Waals surface area contributed by atoms with Crippen LogP contribution in [-0.4, -0.2) is 30.3 Å². The Kier molecular flexibility index (Phi) is 4.45. The van der Waals surface area contributed by atoms with Gasteiger partial charge < -0.3 is 19.3 Å².